The summed E-state index contributed by atoms with van der Waals surface area (Å²) < 4.78 is 44.0. The Morgan fingerprint density at radius 2 is 1.67 bits per heavy atom. The minimum atomic E-state index is -4.64. The number of benzene rings is 2. The van der Waals surface area contributed by atoms with Gasteiger partial charge in [0.1, 0.15) is 0 Å². The summed E-state index contributed by atoms with van der Waals surface area (Å²) in [5.41, 5.74) is 1.03. The van der Waals surface area contributed by atoms with Crippen LogP contribution >= 0.6 is 0 Å². The standard InChI is InChI=1S/C22H22F3NO4/c1-13-8-9-16(12-14(13)2)19(27)10-11-20(28)30-15(3)21(29)26-18-7-5-4-6-17(18)22(23,24)25/h4-9,12,15H,10-11H2,1-3H3,(H,26,29). The molecule has 0 fully saturated rings. The molecule has 0 heterocycles. The fourth-order valence-electron chi connectivity index (χ4n) is 2.66. The van der Waals surface area contributed by atoms with Gasteiger partial charge >= 0.3 is 12.1 Å². The van der Waals surface area contributed by atoms with E-state index in [1.54, 1.807) is 12.1 Å². The Morgan fingerprint density at radius 3 is 2.30 bits per heavy atom. The van der Waals surface area contributed by atoms with Gasteiger partial charge in [0.05, 0.1) is 17.7 Å². The average molecular weight is 421 g/mol. The number of rotatable bonds is 7. The number of esters is 1. The zero-order valence-corrected chi connectivity index (χ0v) is 16.8. The van der Waals surface area contributed by atoms with Gasteiger partial charge in [-0.15, -0.1) is 0 Å². The number of anilines is 1. The predicted molar refractivity (Wildman–Crippen MR) is 105 cm³/mol. The molecule has 1 atom stereocenters. The van der Waals surface area contributed by atoms with Crippen LogP contribution in [0, 0.1) is 13.8 Å². The van der Waals surface area contributed by atoms with Crippen LogP contribution in [0.4, 0.5) is 18.9 Å². The molecule has 160 valence electrons. The number of ketones is 1. The molecule has 2 rings (SSSR count). The van der Waals surface area contributed by atoms with Crippen molar-refractivity contribution in [3.05, 3.63) is 64.7 Å². The fraction of sp³-hybridized carbons (Fsp3) is 0.318. The number of para-hydroxylation sites is 1. The molecule has 30 heavy (non-hydrogen) atoms. The normalized spacial score (nSPS) is 12.2. The Bertz CT molecular complexity index is 954. The molecule has 2 aromatic carbocycles. The van der Waals surface area contributed by atoms with Crippen molar-refractivity contribution in [1.29, 1.82) is 0 Å². The molecule has 1 unspecified atom stereocenters. The number of aryl methyl sites for hydroxylation is 2. The van der Waals surface area contributed by atoms with E-state index in [4.69, 9.17) is 4.74 Å². The van der Waals surface area contributed by atoms with Crippen molar-refractivity contribution in [3.8, 4) is 0 Å². The third-order valence-corrected chi connectivity index (χ3v) is 4.55. The molecule has 8 heteroatoms. The van der Waals surface area contributed by atoms with E-state index in [1.165, 1.54) is 19.1 Å². The van der Waals surface area contributed by atoms with Crippen LogP contribution in [0.25, 0.3) is 0 Å². The second-order valence-electron chi connectivity index (χ2n) is 6.89. The summed E-state index contributed by atoms with van der Waals surface area (Å²) in [6.45, 7) is 5.03. The summed E-state index contributed by atoms with van der Waals surface area (Å²) in [6.07, 6.45) is -6.32. The molecule has 1 N–H and O–H groups in total. The van der Waals surface area contributed by atoms with E-state index >= 15 is 0 Å². The van der Waals surface area contributed by atoms with Crippen LogP contribution in [0.3, 0.4) is 0 Å². The van der Waals surface area contributed by atoms with Crippen LogP contribution in [0.1, 0.15) is 46.8 Å². The van der Waals surface area contributed by atoms with Crippen molar-refractivity contribution in [2.75, 3.05) is 5.32 Å². The van der Waals surface area contributed by atoms with Gasteiger partial charge in [-0.1, -0.05) is 24.3 Å². The van der Waals surface area contributed by atoms with Gasteiger partial charge in [-0.25, -0.2) is 0 Å². The van der Waals surface area contributed by atoms with Gasteiger partial charge < -0.3 is 10.1 Å². The van der Waals surface area contributed by atoms with Crippen LogP contribution in [0.15, 0.2) is 42.5 Å². The van der Waals surface area contributed by atoms with Crippen molar-refractivity contribution >= 4 is 23.3 Å². The minimum absolute atomic E-state index is 0.105. The molecule has 0 aliphatic rings. The highest BCUT2D eigenvalue weighted by Crippen LogP contribution is 2.34. The lowest BCUT2D eigenvalue weighted by Gasteiger charge is -2.16. The van der Waals surface area contributed by atoms with E-state index in [2.05, 4.69) is 5.32 Å². The van der Waals surface area contributed by atoms with Gasteiger partial charge in [0.15, 0.2) is 11.9 Å². The summed E-state index contributed by atoms with van der Waals surface area (Å²) >= 11 is 0. The summed E-state index contributed by atoms with van der Waals surface area (Å²) in [6, 6.07) is 9.71. The number of ether oxygens (including phenoxy) is 1. The topological polar surface area (TPSA) is 72.5 Å². The number of hydrogen-bond acceptors (Lipinski definition) is 4. The van der Waals surface area contributed by atoms with Crippen LogP contribution in [0.5, 0.6) is 0 Å². The van der Waals surface area contributed by atoms with Gasteiger partial charge in [-0.05, 0) is 50.1 Å². The third-order valence-electron chi connectivity index (χ3n) is 4.55. The molecule has 5 nitrogen and oxygen atoms in total. The first-order chi connectivity index (χ1) is 14.0. The maximum atomic E-state index is 13.0. The molecular weight excluding hydrogens is 399 g/mol. The van der Waals surface area contributed by atoms with Crippen LogP contribution < -0.4 is 5.32 Å². The maximum absolute atomic E-state index is 13.0. The summed E-state index contributed by atoms with van der Waals surface area (Å²) in [7, 11) is 0. The molecule has 0 bridgehead atoms. The smallest absolute Gasteiger partial charge is 0.418 e. The molecule has 0 aromatic heterocycles. The summed E-state index contributed by atoms with van der Waals surface area (Å²) in [4.78, 5) is 36.3. The van der Waals surface area contributed by atoms with E-state index in [0.717, 1.165) is 23.3 Å². The number of halogens is 3. The molecule has 0 radical (unpaired) electrons. The summed E-state index contributed by atoms with van der Waals surface area (Å²) in [5, 5.41) is 2.12. The molecule has 0 spiro atoms. The third kappa shape index (κ3) is 6.17. The number of carbonyl (C=O) groups excluding carboxylic acids is 3. The van der Waals surface area contributed by atoms with Gasteiger partial charge in [0.25, 0.3) is 5.91 Å². The second kappa shape index (κ2) is 9.56. The van der Waals surface area contributed by atoms with Crippen LogP contribution in [-0.2, 0) is 20.5 Å². The largest absolute Gasteiger partial charge is 0.453 e. The molecule has 0 aliphatic carbocycles. The lowest BCUT2D eigenvalue weighted by atomic mass is 10.0. The van der Waals surface area contributed by atoms with E-state index in [-0.39, 0.29) is 18.6 Å². The number of Topliss-reactive ketones (excluding diaryl/α,β-unsaturated/α-hetero) is 1. The number of amides is 1. The number of alkyl halides is 3. The van der Waals surface area contributed by atoms with Gasteiger partial charge in [0, 0.05) is 12.0 Å². The van der Waals surface area contributed by atoms with Gasteiger partial charge in [0.2, 0.25) is 0 Å². The van der Waals surface area contributed by atoms with E-state index in [1.807, 2.05) is 19.9 Å². The van der Waals surface area contributed by atoms with Crippen molar-refractivity contribution in [3.63, 3.8) is 0 Å². The first-order valence-corrected chi connectivity index (χ1v) is 9.26. The average Bonchev–Trinajstić information content (AvgIpc) is 2.67. The highest BCUT2D eigenvalue weighted by atomic mass is 19.4. The summed E-state index contributed by atoms with van der Waals surface area (Å²) in [5.74, 6) is -1.94. The van der Waals surface area contributed by atoms with E-state index in [0.29, 0.717) is 5.56 Å². The first-order valence-electron chi connectivity index (χ1n) is 9.26. The van der Waals surface area contributed by atoms with Crippen molar-refractivity contribution < 1.29 is 32.3 Å². The van der Waals surface area contributed by atoms with Crippen molar-refractivity contribution in [2.45, 2.75) is 45.9 Å². The molecular formula is C22H22F3NO4. The first kappa shape index (κ1) is 23.1. The maximum Gasteiger partial charge on any atom is 0.418 e. The molecule has 0 aliphatic heterocycles. The predicted octanol–water partition coefficient (Wildman–Crippen LogP) is 4.86. The van der Waals surface area contributed by atoms with Gasteiger partial charge in [-0.2, -0.15) is 13.2 Å². The van der Waals surface area contributed by atoms with E-state index in [9.17, 15) is 27.6 Å². The number of nitrogens with one attached hydrogen (secondary N) is 1. The Morgan fingerprint density at radius 1 is 1.00 bits per heavy atom. The monoisotopic (exact) mass is 421 g/mol. The number of carbonyl (C=O) groups is 3. The Kier molecular flexibility index (Phi) is 7.37. The fourth-order valence-corrected chi connectivity index (χ4v) is 2.66. The minimum Gasteiger partial charge on any atom is -0.453 e. The highest BCUT2D eigenvalue weighted by molar-refractivity contribution is 5.98. The molecule has 0 saturated carbocycles. The van der Waals surface area contributed by atoms with Crippen LogP contribution in [0.2, 0.25) is 0 Å². The zero-order valence-electron chi connectivity index (χ0n) is 16.8. The van der Waals surface area contributed by atoms with E-state index < -0.39 is 35.4 Å². The zero-order chi connectivity index (χ0) is 22.5. The lowest BCUT2D eigenvalue weighted by Crippen LogP contribution is -2.30. The molecule has 0 saturated heterocycles. The Balaban J connectivity index is 1.90. The SMILES string of the molecule is Cc1ccc(C(=O)CCC(=O)OC(C)C(=O)Nc2ccccc2C(F)(F)F)cc1C. The Labute approximate surface area is 172 Å². The van der Waals surface area contributed by atoms with Crippen molar-refractivity contribution in [2.24, 2.45) is 0 Å². The Hall–Kier alpha value is -3.16. The highest BCUT2D eigenvalue weighted by Gasteiger charge is 2.34. The van der Waals surface area contributed by atoms with Crippen molar-refractivity contribution in [1.82, 2.24) is 0 Å². The van der Waals surface area contributed by atoms with Gasteiger partial charge in [-0.3, -0.25) is 14.4 Å². The quantitative estimate of drug-likeness (QED) is 0.512. The lowest BCUT2D eigenvalue weighted by molar-refractivity contribution is -0.153. The number of hydrogen-bond donors (Lipinski definition) is 1. The second-order valence-corrected chi connectivity index (χ2v) is 6.89. The molecule has 2 aromatic rings. The molecule has 1 amide bonds. The van der Waals surface area contributed by atoms with Crippen LogP contribution in [-0.4, -0.2) is 23.8 Å².